The molecule has 0 unspecified atom stereocenters. The zero-order valence-corrected chi connectivity index (χ0v) is 15.6. The number of halogens is 1. The highest BCUT2D eigenvalue weighted by Gasteiger charge is 2.17. The van der Waals surface area contributed by atoms with Crippen LogP contribution >= 0.6 is 11.6 Å². The molecule has 3 rings (SSSR count). The summed E-state index contributed by atoms with van der Waals surface area (Å²) < 4.78 is 11.2. The third-order valence-corrected chi connectivity index (χ3v) is 4.50. The minimum Gasteiger partial charge on any atom is -0.463 e. The van der Waals surface area contributed by atoms with Gasteiger partial charge in [-0.2, -0.15) is 0 Å². The molecule has 26 heavy (non-hydrogen) atoms. The van der Waals surface area contributed by atoms with Gasteiger partial charge in [0.15, 0.2) is 12.3 Å². The Kier molecular flexibility index (Phi) is 5.81. The van der Waals surface area contributed by atoms with E-state index in [4.69, 9.17) is 20.4 Å². The number of nitrogens with two attached hydrogens (primary N) is 1. The number of carbonyl (C=O) groups excluding carboxylic acids is 1. The average molecular weight is 374 g/mol. The van der Waals surface area contributed by atoms with Crippen LogP contribution in [0.3, 0.4) is 0 Å². The summed E-state index contributed by atoms with van der Waals surface area (Å²) in [7, 11) is 1.78. The minimum absolute atomic E-state index is 0.0350. The average Bonchev–Trinajstić information content (AvgIpc) is 3.32. The van der Waals surface area contributed by atoms with Gasteiger partial charge < -0.3 is 19.1 Å². The van der Waals surface area contributed by atoms with Crippen molar-refractivity contribution in [1.82, 2.24) is 4.90 Å². The van der Waals surface area contributed by atoms with Crippen LogP contribution in [0.15, 0.2) is 63.6 Å². The maximum atomic E-state index is 12.3. The van der Waals surface area contributed by atoms with E-state index in [1.165, 1.54) is 0 Å². The van der Waals surface area contributed by atoms with Crippen LogP contribution in [0.1, 0.15) is 24.5 Å². The number of furan rings is 2. The molecular formula is C20H22ClN2O3+. The molecule has 6 heteroatoms. The molecule has 2 aromatic heterocycles. The van der Waals surface area contributed by atoms with Gasteiger partial charge in [-0.25, -0.2) is 0 Å². The molecule has 0 bridgehead atoms. The first-order chi connectivity index (χ1) is 12.5. The van der Waals surface area contributed by atoms with Gasteiger partial charge in [-0.15, -0.1) is 0 Å². The molecule has 0 aliphatic carbocycles. The molecule has 1 amide bonds. The fourth-order valence-electron chi connectivity index (χ4n) is 2.65. The number of quaternary nitrogens is 1. The predicted molar refractivity (Wildman–Crippen MR) is 99.5 cm³/mol. The number of hydrogen-bond donors (Lipinski definition) is 1. The third-order valence-electron chi connectivity index (χ3n) is 4.25. The van der Waals surface area contributed by atoms with Crippen molar-refractivity contribution in [2.75, 3.05) is 13.6 Å². The first kappa shape index (κ1) is 18.3. The number of benzene rings is 1. The van der Waals surface area contributed by atoms with Crippen molar-refractivity contribution in [3.63, 3.8) is 0 Å². The highest BCUT2D eigenvalue weighted by atomic mass is 35.5. The Balaban J connectivity index is 1.53. The number of nitrogens with zero attached hydrogens (tertiary/aromatic N) is 1. The van der Waals surface area contributed by atoms with Gasteiger partial charge >= 0.3 is 0 Å². The molecular weight excluding hydrogens is 352 g/mol. The Morgan fingerprint density at radius 3 is 2.65 bits per heavy atom. The molecule has 0 spiro atoms. The van der Waals surface area contributed by atoms with E-state index in [0.717, 1.165) is 22.8 Å². The number of rotatable bonds is 7. The van der Waals surface area contributed by atoms with E-state index in [2.05, 4.69) is 0 Å². The Labute approximate surface area is 157 Å². The van der Waals surface area contributed by atoms with Crippen LogP contribution in [-0.2, 0) is 11.3 Å². The molecule has 3 aromatic rings. The summed E-state index contributed by atoms with van der Waals surface area (Å²) in [5.74, 6) is 2.40. The van der Waals surface area contributed by atoms with Gasteiger partial charge in [-0.1, -0.05) is 11.6 Å². The van der Waals surface area contributed by atoms with Crippen LogP contribution in [0.5, 0.6) is 0 Å². The number of likely N-dealkylation sites (N-methyl/N-ethyl adjacent to an activating group) is 1. The standard InChI is InChI=1S/C20H21ClN2O3/c1-14(18-4-3-11-25-18)22-12-20(24)23(2)13-17-9-10-19(26-17)15-5-7-16(21)8-6-15/h3-11,14,22H,12-13H2,1-2H3/p+1/t14-/m1/s1. The second kappa shape index (κ2) is 8.25. The van der Waals surface area contributed by atoms with E-state index >= 15 is 0 Å². The maximum Gasteiger partial charge on any atom is 0.277 e. The largest absolute Gasteiger partial charge is 0.463 e. The van der Waals surface area contributed by atoms with Gasteiger partial charge in [0.1, 0.15) is 17.6 Å². The molecule has 0 saturated heterocycles. The molecule has 0 aliphatic heterocycles. The molecule has 1 aromatic carbocycles. The van der Waals surface area contributed by atoms with E-state index in [1.54, 1.807) is 18.2 Å². The highest BCUT2D eigenvalue weighted by Crippen LogP contribution is 2.24. The molecule has 2 N–H and O–H groups in total. The molecule has 0 saturated carbocycles. The summed E-state index contributed by atoms with van der Waals surface area (Å²) >= 11 is 5.91. The van der Waals surface area contributed by atoms with Crippen molar-refractivity contribution in [2.45, 2.75) is 19.5 Å². The van der Waals surface area contributed by atoms with Crippen molar-refractivity contribution >= 4 is 17.5 Å². The second-order valence-electron chi connectivity index (χ2n) is 6.27. The number of hydrogen-bond acceptors (Lipinski definition) is 3. The first-order valence-electron chi connectivity index (χ1n) is 8.48. The Hall–Kier alpha value is -2.50. The van der Waals surface area contributed by atoms with Gasteiger partial charge in [0.05, 0.1) is 12.8 Å². The van der Waals surface area contributed by atoms with Crippen molar-refractivity contribution < 1.29 is 18.9 Å². The fourth-order valence-corrected chi connectivity index (χ4v) is 2.78. The normalized spacial score (nSPS) is 12.1. The summed E-state index contributed by atoms with van der Waals surface area (Å²) in [4.78, 5) is 14.0. The smallest absolute Gasteiger partial charge is 0.277 e. The van der Waals surface area contributed by atoms with E-state index in [1.807, 2.05) is 60.8 Å². The van der Waals surface area contributed by atoms with Gasteiger partial charge in [0, 0.05) is 17.6 Å². The van der Waals surface area contributed by atoms with E-state index in [-0.39, 0.29) is 11.9 Å². The molecule has 5 nitrogen and oxygen atoms in total. The van der Waals surface area contributed by atoms with Crippen LogP contribution in [0, 0.1) is 0 Å². The molecule has 1 atom stereocenters. The molecule has 0 aliphatic rings. The Morgan fingerprint density at radius 1 is 1.19 bits per heavy atom. The second-order valence-corrected chi connectivity index (χ2v) is 6.70. The Bertz CT molecular complexity index is 840. The summed E-state index contributed by atoms with van der Waals surface area (Å²) in [6.07, 6.45) is 1.64. The van der Waals surface area contributed by atoms with Crippen molar-refractivity contribution in [2.24, 2.45) is 0 Å². The van der Waals surface area contributed by atoms with Crippen LogP contribution in [0.4, 0.5) is 0 Å². The molecule has 0 radical (unpaired) electrons. The lowest BCUT2D eigenvalue weighted by atomic mass is 10.2. The van der Waals surface area contributed by atoms with Crippen LogP contribution in [0.25, 0.3) is 11.3 Å². The fraction of sp³-hybridized carbons (Fsp3) is 0.250. The van der Waals surface area contributed by atoms with Crippen molar-refractivity contribution in [1.29, 1.82) is 0 Å². The zero-order valence-electron chi connectivity index (χ0n) is 14.8. The summed E-state index contributed by atoms with van der Waals surface area (Å²) in [5.41, 5.74) is 0.954. The summed E-state index contributed by atoms with van der Waals surface area (Å²) in [6.45, 7) is 2.79. The lowest BCUT2D eigenvalue weighted by Crippen LogP contribution is -2.86. The predicted octanol–water partition coefficient (Wildman–Crippen LogP) is 3.48. The van der Waals surface area contributed by atoms with E-state index in [0.29, 0.717) is 18.1 Å². The zero-order chi connectivity index (χ0) is 18.5. The van der Waals surface area contributed by atoms with Gasteiger partial charge in [-0.05, 0) is 55.5 Å². The monoisotopic (exact) mass is 373 g/mol. The lowest BCUT2D eigenvalue weighted by molar-refractivity contribution is -0.685. The van der Waals surface area contributed by atoms with Crippen LogP contribution in [0.2, 0.25) is 5.02 Å². The molecule has 136 valence electrons. The molecule has 2 heterocycles. The van der Waals surface area contributed by atoms with E-state index < -0.39 is 0 Å². The maximum absolute atomic E-state index is 12.3. The van der Waals surface area contributed by atoms with Crippen molar-refractivity contribution in [3.05, 3.63) is 71.3 Å². The van der Waals surface area contributed by atoms with Gasteiger partial charge in [-0.3, -0.25) is 4.79 Å². The third kappa shape index (κ3) is 4.56. The SMILES string of the molecule is C[C@@H]([NH2+]CC(=O)N(C)Cc1ccc(-c2ccc(Cl)cc2)o1)c1ccco1. The highest BCUT2D eigenvalue weighted by molar-refractivity contribution is 6.30. The first-order valence-corrected chi connectivity index (χ1v) is 8.86. The number of amides is 1. The van der Waals surface area contributed by atoms with Gasteiger partial charge in [0.25, 0.3) is 5.91 Å². The quantitative estimate of drug-likeness (QED) is 0.689. The van der Waals surface area contributed by atoms with Crippen LogP contribution in [-0.4, -0.2) is 24.4 Å². The van der Waals surface area contributed by atoms with E-state index in [9.17, 15) is 4.79 Å². The van der Waals surface area contributed by atoms with Crippen molar-refractivity contribution in [3.8, 4) is 11.3 Å². The van der Waals surface area contributed by atoms with Crippen LogP contribution < -0.4 is 5.32 Å². The lowest BCUT2D eigenvalue weighted by Gasteiger charge is -2.16. The minimum atomic E-state index is 0.0350. The topological polar surface area (TPSA) is 63.2 Å². The Morgan fingerprint density at radius 2 is 1.96 bits per heavy atom. The summed E-state index contributed by atoms with van der Waals surface area (Å²) in [5, 5.41) is 2.64. The molecule has 0 fully saturated rings. The number of carbonyl (C=O) groups is 1. The van der Waals surface area contributed by atoms with Gasteiger partial charge in [0.2, 0.25) is 0 Å². The summed E-state index contributed by atoms with van der Waals surface area (Å²) in [6, 6.07) is 15.1.